The monoisotopic (exact) mass is 252 g/mol. The normalized spacial score (nSPS) is 31.2. The molecule has 2 amide bonds. The Labute approximate surface area is 109 Å². The van der Waals surface area contributed by atoms with E-state index in [0.717, 1.165) is 38.8 Å². The molecule has 4 heteroatoms. The third-order valence-corrected chi connectivity index (χ3v) is 4.39. The molecule has 1 aliphatic heterocycles. The first-order valence-electron chi connectivity index (χ1n) is 7.24. The minimum Gasteiger partial charge on any atom is -0.317 e. The smallest absolute Gasteiger partial charge is 0.233 e. The van der Waals surface area contributed by atoms with Gasteiger partial charge < -0.3 is 5.32 Å². The number of hydrogen-bond acceptors (Lipinski definition) is 3. The van der Waals surface area contributed by atoms with Crippen LogP contribution in [-0.2, 0) is 9.59 Å². The number of hydrogen-bond donors (Lipinski definition) is 1. The summed E-state index contributed by atoms with van der Waals surface area (Å²) in [6.07, 6.45) is 3.81. The topological polar surface area (TPSA) is 49.4 Å². The van der Waals surface area contributed by atoms with Crippen LogP contribution in [0.5, 0.6) is 0 Å². The molecule has 2 atom stereocenters. The molecule has 0 bridgehead atoms. The maximum absolute atomic E-state index is 12.2. The van der Waals surface area contributed by atoms with Crippen molar-refractivity contribution >= 4 is 11.8 Å². The van der Waals surface area contributed by atoms with Crippen LogP contribution in [0.4, 0.5) is 0 Å². The molecule has 0 aromatic rings. The molecule has 2 rings (SSSR count). The Morgan fingerprint density at radius 2 is 1.78 bits per heavy atom. The molecule has 1 saturated carbocycles. The van der Waals surface area contributed by atoms with Crippen LogP contribution in [-0.4, -0.2) is 36.3 Å². The van der Waals surface area contributed by atoms with E-state index in [1.54, 1.807) is 0 Å². The number of likely N-dealkylation sites (tertiary alicyclic amines) is 1. The van der Waals surface area contributed by atoms with Gasteiger partial charge in [-0.15, -0.1) is 0 Å². The lowest BCUT2D eigenvalue weighted by atomic mass is 10.00. The third kappa shape index (κ3) is 2.44. The van der Waals surface area contributed by atoms with Gasteiger partial charge in [-0.05, 0) is 38.3 Å². The van der Waals surface area contributed by atoms with Crippen LogP contribution in [0.1, 0.15) is 39.5 Å². The van der Waals surface area contributed by atoms with Gasteiger partial charge in [0.25, 0.3) is 0 Å². The summed E-state index contributed by atoms with van der Waals surface area (Å²) in [7, 11) is 0. The Kier molecular flexibility index (Phi) is 4.38. The highest BCUT2D eigenvalue weighted by Crippen LogP contribution is 2.44. The summed E-state index contributed by atoms with van der Waals surface area (Å²) in [4.78, 5) is 25.9. The highest BCUT2D eigenvalue weighted by Gasteiger charge is 2.51. The molecule has 1 N–H and O–H groups in total. The van der Waals surface area contributed by atoms with Crippen molar-refractivity contribution in [3.05, 3.63) is 0 Å². The van der Waals surface area contributed by atoms with Crippen molar-refractivity contribution in [3.63, 3.8) is 0 Å². The van der Waals surface area contributed by atoms with Crippen LogP contribution < -0.4 is 5.32 Å². The standard InChI is InChI=1S/C14H24N2O2/c1-3-10-8-11-12(9-10)14(18)16(13(11)17)7-5-6-15-4-2/h10-12,15H,3-9H2,1-2H3. The predicted molar refractivity (Wildman–Crippen MR) is 69.9 cm³/mol. The van der Waals surface area contributed by atoms with E-state index < -0.39 is 0 Å². The highest BCUT2D eigenvalue weighted by molar-refractivity contribution is 6.05. The predicted octanol–water partition coefficient (Wildman–Crippen LogP) is 1.41. The molecule has 18 heavy (non-hydrogen) atoms. The largest absolute Gasteiger partial charge is 0.317 e. The first-order chi connectivity index (χ1) is 8.69. The second-order valence-corrected chi connectivity index (χ2v) is 5.49. The molecule has 0 spiro atoms. The zero-order chi connectivity index (χ0) is 13.1. The van der Waals surface area contributed by atoms with E-state index in [9.17, 15) is 9.59 Å². The number of carbonyl (C=O) groups is 2. The summed E-state index contributed by atoms with van der Waals surface area (Å²) in [6.45, 7) is 6.61. The molecule has 1 saturated heterocycles. The molecule has 2 aliphatic rings. The number of fused-ring (bicyclic) bond motifs is 1. The van der Waals surface area contributed by atoms with Gasteiger partial charge in [0, 0.05) is 6.54 Å². The average molecular weight is 252 g/mol. The Bertz CT molecular complexity index is 306. The lowest BCUT2D eigenvalue weighted by Gasteiger charge is -2.17. The SMILES string of the molecule is CCNCCCN1C(=O)C2CC(CC)CC2C1=O. The van der Waals surface area contributed by atoms with E-state index >= 15 is 0 Å². The van der Waals surface area contributed by atoms with Crippen molar-refractivity contribution in [2.24, 2.45) is 17.8 Å². The van der Waals surface area contributed by atoms with Crippen molar-refractivity contribution < 1.29 is 9.59 Å². The van der Waals surface area contributed by atoms with Crippen molar-refractivity contribution in [3.8, 4) is 0 Å². The van der Waals surface area contributed by atoms with Gasteiger partial charge in [0.2, 0.25) is 11.8 Å². The average Bonchev–Trinajstić information content (AvgIpc) is 2.89. The molecule has 1 heterocycles. The molecule has 0 aromatic carbocycles. The first-order valence-corrected chi connectivity index (χ1v) is 7.24. The number of nitrogens with zero attached hydrogens (tertiary/aromatic N) is 1. The number of imide groups is 1. The molecular formula is C14H24N2O2. The van der Waals surface area contributed by atoms with Crippen LogP contribution in [0.3, 0.4) is 0 Å². The Morgan fingerprint density at radius 3 is 2.28 bits per heavy atom. The second-order valence-electron chi connectivity index (χ2n) is 5.49. The van der Waals surface area contributed by atoms with Crippen LogP contribution in [0.15, 0.2) is 0 Å². The molecule has 2 unspecified atom stereocenters. The first kappa shape index (κ1) is 13.5. The van der Waals surface area contributed by atoms with Crippen LogP contribution >= 0.6 is 0 Å². The quantitative estimate of drug-likeness (QED) is 0.574. The fraction of sp³-hybridized carbons (Fsp3) is 0.857. The fourth-order valence-corrected chi connectivity index (χ4v) is 3.29. The van der Waals surface area contributed by atoms with Gasteiger partial charge in [-0.2, -0.15) is 0 Å². The molecular weight excluding hydrogens is 228 g/mol. The summed E-state index contributed by atoms with van der Waals surface area (Å²) >= 11 is 0. The van der Waals surface area contributed by atoms with Crippen LogP contribution in [0.25, 0.3) is 0 Å². The van der Waals surface area contributed by atoms with E-state index in [1.807, 2.05) is 0 Å². The van der Waals surface area contributed by atoms with Gasteiger partial charge in [-0.3, -0.25) is 14.5 Å². The molecule has 0 radical (unpaired) electrons. The Balaban J connectivity index is 1.88. The molecule has 0 aromatic heterocycles. The molecule has 102 valence electrons. The van der Waals surface area contributed by atoms with Gasteiger partial charge in [0.15, 0.2) is 0 Å². The zero-order valence-corrected chi connectivity index (χ0v) is 11.4. The summed E-state index contributed by atoms with van der Waals surface area (Å²) in [5.74, 6) is 0.773. The van der Waals surface area contributed by atoms with Crippen molar-refractivity contribution in [1.82, 2.24) is 10.2 Å². The zero-order valence-electron chi connectivity index (χ0n) is 11.4. The van der Waals surface area contributed by atoms with E-state index in [4.69, 9.17) is 0 Å². The maximum atomic E-state index is 12.2. The maximum Gasteiger partial charge on any atom is 0.233 e. The number of carbonyl (C=O) groups excluding carboxylic acids is 2. The summed E-state index contributed by atoms with van der Waals surface area (Å²) < 4.78 is 0. The molecule has 2 fully saturated rings. The number of nitrogens with one attached hydrogen (secondary N) is 1. The third-order valence-electron chi connectivity index (χ3n) is 4.39. The van der Waals surface area contributed by atoms with Gasteiger partial charge in [0.05, 0.1) is 11.8 Å². The van der Waals surface area contributed by atoms with Crippen LogP contribution in [0, 0.1) is 17.8 Å². The lowest BCUT2D eigenvalue weighted by molar-refractivity contribution is -0.140. The number of amides is 2. The van der Waals surface area contributed by atoms with Gasteiger partial charge in [0.1, 0.15) is 0 Å². The Hall–Kier alpha value is -0.900. The fourth-order valence-electron chi connectivity index (χ4n) is 3.29. The van der Waals surface area contributed by atoms with E-state index in [-0.39, 0.29) is 23.7 Å². The van der Waals surface area contributed by atoms with E-state index in [0.29, 0.717) is 12.5 Å². The highest BCUT2D eigenvalue weighted by atomic mass is 16.2. The molecule has 4 nitrogen and oxygen atoms in total. The van der Waals surface area contributed by atoms with Gasteiger partial charge in [-0.1, -0.05) is 20.3 Å². The Morgan fingerprint density at radius 1 is 1.17 bits per heavy atom. The van der Waals surface area contributed by atoms with E-state index in [1.165, 1.54) is 4.90 Å². The van der Waals surface area contributed by atoms with Gasteiger partial charge in [-0.25, -0.2) is 0 Å². The van der Waals surface area contributed by atoms with Crippen LogP contribution in [0.2, 0.25) is 0 Å². The summed E-state index contributed by atoms with van der Waals surface area (Å²) in [5.41, 5.74) is 0. The number of rotatable bonds is 6. The van der Waals surface area contributed by atoms with Gasteiger partial charge >= 0.3 is 0 Å². The molecule has 1 aliphatic carbocycles. The van der Waals surface area contributed by atoms with Crippen molar-refractivity contribution in [1.29, 1.82) is 0 Å². The van der Waals surface area contributed by atoms with E-state index in [2.05, 4.69) is 19.2 Å². The van der Waals surface area contributed by atoms with Crippen molar-refractivity contribution in [2.75, 3.05) is 19.6 Å². The van der Waals surface area contributed by atoms with Crippen molar-refractivity contribution in [2.45, 2.75) is 39.5 Å². The minimum absolute atomic E-state index is 0.00147. The second kappa shape index (κ2) is 5.83. The minimum atomic E-state index is 0.00147. The lowest BCUT2D eigenvalue weighted by Crippen LogP contribution is -2.34. The summed E-state index contributed by atoms with van der Waals surface area (Å²) in [5, 5.41) is 3.22. The summed E-state index contributed by atoms with van der Waals surface area (Å²) in [6, 6.07) is 0.